The molecule has 4 heteroatoms. The van der Waals surface area contributed by atoms with Gasteiger partial charge in [0.05, 0.1) is 4.99 Å². The summed E-state index contributed by atoms with van der Waals surface area (Å²) in [5.41, 5.74) is 6.87. The minimum atomic E-state index is 0.520. The second-order valence-electron chi connectivity index (χ2n) is 4.45. The van der Waals surface area contributed by atoms with Crippen molar-refractivity contribution in [1.29, 1.82) is 0 Å². The molecule has 0 aliphatic heterocycles. The maximum atomic E-state index is 5.54. The second-order valence-corrected chi connectivity index (χ2v) is 4.98. The third-order valence-corrected chi connectivity index (χ3v) is 3.02. The Bertz CT molecular complexity index is 338. The van der Waals surface area contributed by atoms with Gasteiger partial charge in [0.1, 0.15) is 0 Å². The van der Waals surface area contributed by atoms with Crippen LogP contribution in [0.25, 0.3) is 0 Å². The van der Waals surface area contributed by atoms with Crippen LogP contribution in [0.2, 0.25) is 0 Å². The molecule has 1 heterocycles. The Morgan fingerprint density at radius 3 is 2.53 bits per heavy atom. The summed E-state index contributed by atoms with van der Waals surface area (Å²) in [6.45, 7) is 6.38. The molecule has 0 radical (unpaired) electrons. The van der Waals surface area contributed by atoms with Crippen LogP contribution in [0.5, 0.6) is 0 Å². The Morgan fingerprint density at radius 1 is 1.35 bits per heavy atom. The highest BCUT2D eigenvalue weighted by Gasteiger charge is 2.09. The first-order valence-electron chi connectivity index (χ1n) is 6.01. The highest BCUT2D eigenvalue weighted by molar-refractivity contribution is 7.80. The van der Waals surface area contributed by atoms with Crippen LogP contribution in [0.4, 0.5) is 0 Å². The molecule has 1 rings (SSSR count). The average Bonchev–Trinajstić information content (AvgIpc) is 2.29. The van der Waals surface area contributed by atoms with Crippen LogP contribution >= 0.6 is 12.2 Å². The van der Waals surface area contributed by atoms with Gasteiger partial charge in [0.2, 0.25) is 0 Å². The number of nitrogens with two attached hydrogens (primary N) is 1. The molecule has 0 atom stereocenters. The molecule has 0 saturated heterocycles. The van der Waals surface area contributed by atoms with Crippen molar-refractivity contribution in [3.8, 4) is 0 Å². The molecule has 0 saturated carbocycles. The first-order valence-corrected chi connectivity index (χ1v) is 6.41. The predicted octanol–water partition coefficient (Wildman–Crippen LogP) is 2.01. The largest absolute Gasteiger partial charge is 0.393 e. The third-order valence-electron chi connectivity index (χ3n) is 2.81. The van der Waals surface area contributed by atoms with Crippen LogP contribution in [0.15, 0.2) is 24.5 Å². The molecule has 0 aromatic carbocycles. The summed E-state index contributed by atoms with van der Waals surface area (Å²) >= 11 is 4.92. The lowest BCUT2D eigenvalue weighted by Gasteiger charge is -2.26. The first-order chi connectivity index (χ1) is 8.09. The van der Waals surface area contributed by atoms with Gasteiger partial charge >= 0.3 is 0 Å². The van der Waals surface area contributed by atoms with Gasteiger partial charge in [-0.3, -0.25) is 4.98 Å². The normalized spacial score (nSPS) is 11.1. The maximum absolute atomic E-state index is 5.54. The highest BCUT2D eigenvalue weighted by Crippen LogP contribution is 2.04. The van der Waals surface area contributed by atoms with Gasteiger partial charge in [-0.1, -0.05) is 12.2 Å². The molecule has 0 aliphatic carbocycles. The van der Waals surface area contributed by atoms with Crippen molar-refractivity contribution < 1.29 is 0 Å². The fourth-order valence-corrected chi connectivity index (χ4v) is 1.80. The SMILES string of the molecule is CC(C)N(CCC(N)=S)CCc1ccncc1. The minimum Gasteiger partial charge on any atom is -0.393 e. The van der Waals surface area contributed by atoms with E-state index in [0.29, 0.717) is 11.0 Å². The monoisotopic (exact) mass is 251 g/mol. The lowest BCUT2D eigenvalue weighted by atomic mass is 10.1. The van der Waals surface area contributed by atoms with E-state index < -0.39 is 0 Å². The van der Waals surface area contributed by atoms with E-state index in [2.05, 4.69) is 35.9 Å². The van der Waals surface area contributed by atoms with Gasteiger partial charge in [-0.2, -0.15) is 0 Å². The molecule has 94 valence electrons. The molecule has 0 aliphatic rings. The van der Waals surface area contributed by atoms with E-state index in [0.717, 1.165) is 25.9 Å². The number of hydrogen-bond donors (Lipinski definition) is 1. The Kier molecular flexibility index (Phi) is 6.08. The predicted molar refractivity (Wildman–Crippen MR) is 76.1 cm³/mol. The first kappa shape index (κ1) is 14.1. The average molecular weight is 251 g/mol. The number of hydrogen-bond acceptors (Lipinski definition) is 3. The van der Waals surface area contributed by atoms with Crippen molar-refractivity contribution in [2.45, 2.75) is 32.7 Å². The molecule has 0 fully saturated rings. The van der Waals surface area contributed by atoms with E-state index >= 15 is 0 Å². The Morgan fingerprint density at radius 2 is 2.00 bits per heavy atom. The van der Waals surface area contributed by atoms with Gasteiger partial charge in [-0.15, -0.1) is 0 Å². The van der Waals surface area contributed by atoms with Crippen molar-refractivity contribution in [2.75, 3.05) is 13.1 Å². The summed E-state index contributed by atoms with van der Waals surface area (Å²) in [6.07, 6.45) is 5.51. The number of pyridine rings is 1. The van der Waals surface area contributed by atoms with Crippen LogP contribution < -0.4 is 5.73 Å². The fraction of sp³-hybridized carbons (Fsp3) is 0.538. The van der Waals surface area contributed by atoms with Crippen LogP contribution in [0, 0.1) is 0 Å². The van der Waals surface area contributed by atoms with Crippen LogP contribution in [-0.4, -0.2) is 34.0 Å². The van der Waals surface area contributed by atoms with Gasteiger partial charge in [0.15, 0.2) is 0 Å². The number of nitrogens with zero attached hydrogens (tertiary/aromatic N) is 2. The Hall–Kier alpha value is -1.00. The van der Waals surface area contributed by atoms with Gasteiger partial charge in [-0.25, -0.2) is 0 Å². The van der Waals surface area contributed by atoms with Gasteiger partial charge in [-0.05, 0) is 38.0 Å². The lowest BCUT2D eigenvalue weighted by molar-refractivity contribution is 0.231. The second kappa shape index (κ2) is 7.35. The molecule has 0 spiro atoms. The van der Waals surface area contributed by atoms with Gasteiger partial charge < -0.3 is 10.6 Å². The number of thiocarbonyl (C=S) groups is 1. The van der Waals surface area contributed by atoms with Crippen LogP contribution in [-0.2, 0) is 6.42 Å². The fourth-order valence-electron chi connectivity index (χ4n) is 1.70. The Labute approximate surface area is 109 Å². The zero-order valence-electron chi connectivity index (χ0n) is 10.6. The molecule has 1 aromatic rings. The zero-order valence-corrected chi connectivity index (χ0v) is 11.4. The lowest BCUT2D eigenvalue weighted by Crippen LogP contribution is -2.35. The summed E-state index contributed by atoms with van der Waals surface area (Å²) in [7, 11) is 0. The summed E-state index contributed by atoms with van der Waals surface area (Å²) < 4.78 is 0. The topological polar surface area (TPSA) is 42.1 Å². The summed E-state index contributed by atoms with van der Waals surface area (Å²) in [4.78, 5) is 7.02. The maximum Gasteiger partial charge on any atom is 0.0740 e. The highest BCUT2D eigenvalue weighted by atomic mass is 32.1. The molecule has 0 unspecified atom stereocenters. The van der Waals surface area contributed by atoms with Gasteiger partial charge in [0, 0.05) is 37.9 Å². The molecule has 2 N–H and O–H groups in total. The van der Waals surface area contributed by atoms with E-state index in [9.17, 15) is 0 Å². The molecule has 3 nitrogen and oxygen atoms in total. The molecule has 0 amide bonds. The molecular weight excluding hydrogens is 230 g/mol. The summed E-state index contributed by atoms with van der Waals surface area (Å²) in [6, 6.07) is 4.64. The third kappa shape index (κ3) is 5.75. The van der Waals surface area contributed by atoms with E-state index in [4.69, 9.17) is 18.0 Å². The molecule has 17 heavy (non-hydrogen) atoms. The van der Waals surface area contributed by atoms with Crippen molar-refractivity contribution in [3.05, 3.63) is 30.1 Å². The van der Waals surface area contributed by atoms with Crippen LogP contribution in [0.3, 0.4) is 0 Å². The number of aromatic nitrogens is 1. The van der Waals surface area contributed by atoms with E-state index in [1.807, 2.05) is 12.4 Å². The Balaban J connectivity index is 2.42. The van der Waals surface area contributed by atoms with E-state index in [-0.39, 0.29) is 0 Å². The van der Waals surface area contributed by atoms with Crippen molar-refractivity contribution in [1.82, 2.24) is 9.88 Å². The van der Waals surface area contributed by atoms with Crippen molar-refractivity contribution in [2.24, 2.45) is 5.73 Å². The van der Waals surface area contributed by atoms with Crippen molar-refractivity contribution >= 4 is 17.2 Å². The molecule has 1 aromatic heterocycles. The minimum absolute atomic E-state index is 0.520. The smallest absolute Gasteiger partial charge is 0.0740 e. The number of rotatable bonds is 7. The standard InChI is InChI=1S/C13H21N3S/c1-11(2)16(10-6-13(14)17)9-5-12-3-7-15-8-4-12/h3-4,7-8,11H,5-6,9-10H2,1-2H3,(H2,14,17). The molecule has 0 bridgehead atoms. The van der Waals surface area contributed by atoms with E-state index in [1.54, 1.807) is 0 Å². The summed E-state index contributed by atoms with van der Waals surface area (Å²) in [5, 5.41) is 0. The zero-order chi connectivity index (χ0) is 12.7. The van der Waals surface area contributed by atoms with Crippen LogP contribution in [0.1, 0.15) is 25.8 Å². The van der Waals surface area contributed by atoms with E-state index in [1.165, 1.54) is 5.56 Å². The quantitative estimate of drug-likeness (QED) is 0.753. The molecular formula is C13H21N3S. The van der Waals surface area contributed by atoms with Crippen molar-refractivity contribution in [3.63, 3.8) is 0 Å². The summed E-state index contributed by atoms with van der Waals surface area (Å²) in [5.74, 6) is 0. The van der Waals surface area contributed by atoms with Gasteiger partial charge in [0.25, 0.3) is 0 Å².